The predicted octanol–water partition coefficient (Wildman–Crippen LogP) is 2.24. The molecule has 0 aromatic heterocycles. The molecule has 1 heterocycles. The molecule has 0 radical (unpaired) electrons. The van der Waals surface area contributed by atoms with Crippen molar-refractivity contribution >= 4 is 23.5 Å². The molecule has 0 spiro atoms. The van der Waals surface area contributed by atoms with Gasteiger partial charge in [-0.1, -0.05) is 13.8 Å². The van der Waals surface area contributed by atoms with Crippen molar-refractivity contribution in [1.82, 2.24) is 0 Å². The van der Waals surface area contributed by atoms with Crippen molar-refractivity contribution in [2.24, 2.45) is 0 Å². The topological polar surface area (TPSA) is 0 Å². The average Bonchev–Trinajstić information content (AvgIpc) is 1.77. The molecule has 1 aliphatic heterocycles. The monoisotopic (exact) mass is 148 g/mol. The van der Waals surface area contributed by atoms with Crippen LogP contribution in [0.2, 0.25) is 0 Å². The van der Waals surface area contributed by atoms with E-state index in [0.717, 1.165) is 10.5 Å². The first-order valence-electron chi connectivity index (χ1n) is 3.02. The molecule has 0 aliphatic carbocycles. The summed E-state index contributed by atoms with van der Waals surface area (Å²) in [6, 6.07) is 0. The maximum absolute atomic E-state index is 2.31. The van der Waals surface area contributed by atoms with E-state index in [9.17, 15) is 0 Å². The molecular weight excluding hydrogens is 136 g/mol. The van der Waals surface area contributed by atoms with Gasteiger partial charge in [-0.3, -0.25) is 0 Å². The zero-order valence-corrected chi connectivity index (χ0v) is 7.02. The molecule has 1 saturated heterocycles. The summed E-state index contributed by atoms with van der Waals surface area (Å²) in [6.45, 7) is 4.62. The van der Waals surface area contributed by atoms with E-state index in [2.05, 4.69) is 37.4 Å². The third kappa shape index (κ3) is 1.90. The Labute approximate surface area is 59.8 Å². The SMILES string of the molecule is CC1CS[C@@H](C)CS1. The lowest BCUT2D eigenvalue weighted by molar-refractivity contribution is 1.04. The highest BCUT2D eigenvalue weighted by Gasteiger charge is 2.13. The Morgan fingerprint density at radius 3 is 1.62 bits per heavy atom. The largest absolute Gasteiger partial charge is 0.157 e. The molecule has 2 atom stereocenters. The van der Waals surface area contributed by atoms with Crippen LogP contribution < -0.4 is 0 Å². The minimum absolute atomic E-state index is 0.899. The van der Waals surface area contributed by atoms with Crippen LogP contribution in [0.4, 0.5) is 0 Å². The quantitative estimate of drug-likeness (QED) is 0.517. The van der Waals surface area contributed by atoms with Gasteiger partial charge in [-0.2, -0.15) is 23.5 Å². The van der Waals surface area contributed by atoms with Crippen LogP contribution in [0, 0.1) is 0 Å². The van der Waals surface area contributed by atoms with Gasteiger partial charge in [0.05, 0.1) is 0 Å². The van der Waals surface area contributed by atoms with Crippen molar-refractivity contribution in [2.45, 2.75) is 24.3 Å². The summed E-state index contributed by atoms with van der Waals surface area (Å²) in [6.07, 6.45) is 0. The highest BCUT2D eigenvalue weighted by atomic mass is 32.2. The molecule has 0 nitrogen and oxygen atoms in total. The highest BCUT2D eigenvalue weighted by molar-refractivity contribution is 8.07. The van der Waals surface area contributed by atoms with Gasteiger partial charge in [0.1, 0.15) is 0 Å². The number of rotatable bonds is 0. The minimum Gasteiger partial charge on any atom is -0.157 e. The standard InChI is InChI=1S/C6H12S2/c1-5-3-8-6(2)4-7-5/h5-6H,3-4H2,1-2H3/t5-,6?/m0/s1. The average molecular weight is 148 g/mol. The summed E-state index contributed by atoms with van der Waals surface area (Å²) in [5.41, 5.74) is 0. The number of thioether (sulfide) groups is 2. The van der Waals surface area contributed by atoms with E-state index in [0.29, 0.717) is 0 Å². The highest BCUT2D eigenvalue weighted by Crippen LogP contribution is 2.28. The summed E-state index contributed by atoms with van der Waals surface area (Å²) < 4.78 is 0. The molecule has 0 aromatic carbocycles. The number of hydrogen-bond acceptors (Lipinski definition) is 2. The van der Waals surface area contributed by atoms with Crippen LogP contribution >= 0.6 is 23.5 Å². The van der Waals surface area contributed by atoms with Crippen molar-refractivity contribution in [1.29, 1.82) is 0 Å². The summed E-state index contributed by atoms with van der Waals surface area (Å²) in [4.78, 5) is 0. The lowest BCUT2D eigenvalue weighted by atomic mass is 10.5. The summed E-state index contributed by atoms with van der Waals surface area (Å²) in [5, 5.41) is 1.80. The van der Waals surface area contributed by atoms with E-state index in [-0.39, 0.29) is 0 Å². The fourth-order valence-corrected chi connectivity index (χ4v) is 3.14. The first-order chi connectivity index (χ1) is 3.79. The van der Waals surface area contributed by atoms with Crippen molar-refractivity contribution in [3.63, 3.8) is 0 Å². The third-order valence-corrected chi connectivity index (χ3v) is 4.51. The van der Waals surface area contributed by atoms with Gasteiger partial charge in [0.15, 0.2) is 0 Å². The van der Waals surface area contributed by atoms with E-state index in [1.807, 2.05) is 0 Å². The van der Waals surface area contributed by atoms with Crippen LogP contribution in [-0.2, 0) is 0 Å². The van der Waals surface area contributed by atoms with E-state index >= 15 is 0 Å². The van der Waals surface area contributed by atoms with Gasteiger partial charge in [0.2, 0.25) is 0 Å². The van der Waals surface area contributed by atoms with E-state index in [4.69, 9.17) is 0 Å². The van der Waals surface area contributed by atoms with Crippen LogP contribution in [0.5, 0.6) is 0 Å². The second-order valence-corrected chi connectivity index (χ2v) is 5.23. The van der Waals surface area contributed by atoms with Crippen LogP contribution in [-0.4, -0.2) is 22.0 Å². The Kier molecular flexibility index (Phi) is 2.57. The first-order valence-corrected chi connectivity index (χ1v) is 5.12. The van der Waals surface area contributed by atoms with Crippen LogP contribution in [0.3, 0.4) is 0 Å². The molecule has 0 amide bonds. The van der Waals surface area contributed by atoms with Gasteiger partial charge in [0.25, 0.3) is 0 Å². The molecule has 0 aromatic rings. The molecule has 0 bridgehead atoms. The fourth-order valence-electron chi connectivity index (χ4n) is 0.696. The van der Waals surface area contributed by atoms with E-state index in [1.165, 1.54) is 11.5 Å². The van der Waals surface area contributed by atoms with Gasteiger partial charge in [-0.05, 0) is 0 Å². The van der Waals surface area contributed by atoms with Crippen LogP contribution in [0.25, 0.3) is 0 Å². The first kappa shape index (κ1) is 6.81. The molecule has 0 saturated carbocycles. The molecule has 1 unspecified atom stereocenters. The minimum atomic E-state index is 0.899. The summed E-state index contributed by atoms with van der Waals surface area (Å²) >= 11 is 4.21. The van der Waals surface area contributed by atoms with Gasteiger partial charge < -0.3 is 0 Å². The summed E-state index contributed by atoms with van der Waals surface area (Å²) in [5.74, 6) is 2.71. The van der Waals surface area contributed by atoms with Crippen molar-refractivity contribution < 1.29 is 0 Å². The van der Waals surface area contributed by atoms with Gasteiger partial charge in [-0.15, -0.1) is 0 Å². The molecule has 1 rings (SSSR count). The molecule has 48 valence electrons. The molecular formula is C6H12S2. The Balaban J connectivity index is 2.19. The molecule has 1 fully saturated rings. The van der Waals surface area contributed by atoms with Crippen molar-refractivity contribution in [3.8, 4) is 0 Å². The molecule has 1 aliphatic rings. The van der Waals surface area contributed by atoms with Gasteiger partial charge >= 0.3 is 0 Å². The van der Waals surface area contributed by atoms with Gasteiger partial charge in [-0.25, -0.2) is 0 Å². The van der Waals surface area contributed by atoms with Crippen molar-refractivity contribution in [2.75, 3.05) is 11.5 Å². The maximum Gasteiger partial charge on any atom is 0.0110 e. The van der Waals surface area contributed by atoms with Crippen LogP contribution in [0.1, 0.15) is 13.8 Å². The lowest BCUT2D eigenvalue weighted by Gasteiger charge is -2.21. The van der Waals surface area contributed by atoms with E-state index in [1.54, 1.807) is 0 Å². The number of hydrogen-bond donors (Lipinski definition) is 0. The summed E-state index contributed by atoms with van der Waals surface area (Å²) in [7, 11) is 0. The van der Waals surface area contributed by atoms with Crippen molar-refractivity contribution in [3.05, 3.63) is 0 Å². The second kappa shape index (κ2) is 3.02. The lowest BCUT2D eigenvalue weighted by Crippen LogP contribution is -2.15. The second-order valence-electron chi connectivity index (χ2n) is 2.29. The molecule has 8 heavy (non-hydrogen) atoms. The Morgan fingerprint density at radius 2 is 1.38 bits per heavy atom. The molecule has 2 heteroatoms. The zero-order valence-electron chi connectivity index (χ0n) is 5.39. The zero-order chi connectivity index (χ0) is 5.98. The Morgan fingerprint density at radius 1 is 1.00 bits per heavy atom. The molecule has 0 N–H and O–H groups in total. The Bertz CT molecular complexity index is 54.9. The van der Waals surface area contributed by atoms with E-state index < -0.39 is 0 Å². The Hall–Kier alpha value is 0.700. The maximum atomic E-state index is 2.31. The third-order valence-electron chi connectivity index (χ3n) is 1.23. The fraction of sp³-hybridized carbons (Fsp3) is 1.00. The van der Waals surface area contributed by atoms with Gasteiger partial charge in [0, 0.05) is 22.0 Å². The predicted molar refractivity (Wildman–Crippen MR) is 43.8 cm³/mol. The van der Waals surface area contributed by atoms with Crippen LogP contribution in [0.15, 0.2) is 0 Å². The smallest absolute Gasteiger partial charge is 0.0110 e. The normalized spacial score (nSPS) is 39.8.